The van der Waals surface area contributed by atoms with Gasteiger partial charge in [0.1, 0.15) is 17.7 Å². The lowest BCUT2D eigenvalue weighted by atomic mass is 10.1. The maximum Gasteiger partial charge on any atom is 0.144 e. The van der Waals surface area contributed by atoms with E-state index < -0.39 is 5.82 Å². The topological polar surface area (TPSA) is 62.7 Å². The molecule has 0 atom stereocenters. The van der Waals surface area contributed by atoms with E-state index in [-0.39, 0.29) is 13.0 Å². The van der Waals surface area contributed by atoms with Crippen LogP contribution in [0.25, 0.3) is 10.1 Å². The number of nitriles is 1. The van der Waals surface area contributed by atoms with Crippen molar-refractivity contribution in [2.45, 2.75) is 21.3 Å². The molecule has 3 aromatic rings. The van der Waals surface area contributed by atoms with Crippen LogP contribution >= 0.6 is 34.7 Å². The molecule has 0 aliphatic carbocycles. The Labute approximate surface area is 241 Å². The van der Waals surface area contributed by atoms with Crippen LogP contribution in [0.2, 0.25) is 10.0 Å². The number of aromatic nitrogens is 1. The van der Waals surface area contributed by atoms with Crippen LogP contribution in [0.3, 0.4) is 0 Å². The minimum absolute atomic E-state index is 0. The van der Waals surface area contributed by atoms with Gasteiger partial charge in [-0.25, -0.2) is 4.39 Å². The quantitative estimate of drug-likeness (QED) is 0.276. The number of aryl methyl sites for hydroxylation is 2. The van der Waals surface area contributed by atoms with E-state index >= 15 is 0 Å². The summed E-state index contributed by atoms with van der Waals surface area (Å²) in [5.41, 5.74) is 39.4. The van der Waals surface area contributed by atoms with E-state index in [2.05, 4.69) is 92.0 Å². The molecule has 0 spiro atoms. The van der Waals surface area contributed by atoms with E-state index in [0.29, 0.717) is 16.4 Å². The number of hydrogen-bond donors (Lipinski definition) is 1. The van der Waals surface area contributed by atoms with Gasteiger partial charge in [-0.05, 0) is 137 Å². The number of fused-ring (bicyclic) bond motifs is 1. The van der Waals surface area contributed by atoms with Gasteiger partial charge in [0.05, 0.1) is 10.3 Å². The zero-order valence-corrected chi connectivity index (χ0v) is 22.6. The van der Waals surface area contributed by atoms with Crippen molar-refractivity contribution in [3.05, 3.63) is 144 Å². The third-order valence-electron chi connectivity index (χ3n) is 3.95. The predicted molar refractivity (Wildman–Crippen MR) is 158 cm³/mol. The van der Waals surface area contributed by atoms with Crippen molar-refractivity contribution in [2.75, 3.05) is 5.73 Å². The summed E-state index contributed by atoms with van der Waals surface area (Å²) in [6, 6.07) is 8.18. The maximum atomic E-state index is 12.7. The first-order valence-corrected chi connectivity index (χ1v) is 11.7. The highest BCUT2D eigenvalue weighted by Gasteiger charge is 2.05. The van der Waals surface area contributed by atoms with Gasteiger partial charge in [-0.3, -0.25) is 0 Å². The summed E-state index contributed by atoms with van der Waals surface area (Å²) in [6.45, 7) is 10.3. The second-order valence-electron chi connectivity index (χ2n) is 6.59. The monoisotopic (exact) mass is 567 g/mol. The third-order valence-corrected chi connectivity index (χ3v) is 5.59. The number of halogens is 3. The van der Waals surface area contributed by atoms with E-state index in [1.54, 1.807) is 13.0 Å². The molecule has 0 fully saturated rings. The molecule has 1 aromatic heterocycles. The van der Waals surface area contributed by atoms with Gasteiger partial charge < -0.3 is 5.73 Å². The van der Waals surface area contributed by atoms with Crippen LogP contribution in [0.4, 0.5) is 10.2 Å². The second kappa shape index (κ2) is 19.2. The lowest BCUT2D eigenvalue weighted by Crippen LogP contribution is -1.85. The van der Waals surface area contributed by atoms with E-state index in [4.69, 9.17) is 34.2 Å². The van der Waals surface area contributed by atoms with Gasteiger partial charge in [0.25, 0.3) is 0 Å². The van der Waals surface area contributed by atoms with Crippen molar-refractivity contribution < 1.29 is 4.39 Å². The molecule has 0 amide bonds. The first kappa shape index (κ1) is 34.0. The first-order chi connectivity index (χ1) is 18.2. The molecule has 39 heavy (non-hydrogen) atoms. The van der Waals surface area contributed by atoms with Crippen LogP contribution in [0.5, 0.6) is 0 Å². The first-order valence-electron chi connectivity index (χ1n) is 10.2. The molecule has 3 rings (SSSR count). The number of hydrogen-bond acceptors (Lipinski definition) is 4. The highest BCUT2D eigenvalue weighted by atomic mass is 35.5. The molecule has 0 unspecified atom stereocenters. The number of nitrogens with zero attached hydrogens (tertiary/aromatic N) is 2. The summed E-state index contributed by atoms with van der Waals surface area (Å²) in [5, 5.41) is 10.5. The highest BCUT2D eigenvalue weighted by Crippen LogP contribution is 2.29. The van der Waals surface area contributed by atoms with Gasteiger partial charge in [0.15, 0.2) is 0 Å². The fourth-order valence-corrected chi connectivity index (χ4v) is 3.31. The van der Waals surface area contributed by atoms with Crippen LogP contribution in [0.15, 0.2) is 112 Å². The van der Waals surface area contributed by atoms with E-state index in [0.717, 1.165) is 26.7 Å². The molecule has 2 N–H and O–H groups in total. The second-order valence-corrected chi connectivity index (χ2v) is 8.21. The average molecular weight is 569 g/mol. The number of nitrogens with two attached hydrogens (primary N) is 1. The number of nitrogen functional groups attached to an aromatic ring is 1. The number of benzene rings is 2. The molecule has 0 radical (unpaired) electrons. The summed E-state index contributed by atoms with van der Waals surface area (Å²) >= 11 is 12.9. The molecule has 0 aliphatic rings. The van der Waals surface area contributed by atoms with Crippen LogP contribution in [0.1, 0.15) is 24.1 Å². The molecule has 3 nitrogen and oxygen atoms in total. The SMILES string of the molecule is C.C=C=C=C=C=C=C=C=C=C=C=C=C=C=C.Cc1cc(C#N)c(F)cc1Cl.Cc1cc2c(N)nsc2cc1Cl. The van der Waals surface area contributed by atoms with E-state index in [1.165, 1.54) is 17.6 Å². The molecular weight excluding hydrogens is 548 g/mol. The van der Waals surface area contributed by atoms with Gasteiger partial charge in [0, 0.05) is 15.4 Å². The smallest absolute Gasteiger partial charge is 0.144 e. The van der Waals surface area contributed by atoms with Gasteiger partial charge in [0.2, 0.25) is 0 Å². The summed E-state index contributed by atoms with van der Waals surface area (Å²) < 4.78 is 17.8. The fourth-order valence-electron chi connectivity index (χ4n) is 2.20. The van der Waals surface area contributed by atoms with Gasteiger partial charge in [-0.1, -0.05) is 42.1 Å². The minimum Gasteiger partial charge on any atom is -0.382 e. The Balaban J connectivity index is 0.000000554. The van der Waals surface area contributed by atoms with E-state index in [9.17, 15) is 4.39 Å². The number of rotatable bonds is 0. The number of anilines is 1. The minimum atomic E-state index is -0.567. The lowest BCUT2D eigenvalue weighted by molar-refractivity contribution is 0.623. The summed E-state index contributed by atoms with van der Waals surface area (Å²) in [5.74, 6) is 0.0258. The highest BCUT2D eigenvalue weighted by molar-refractivity contribution is 7.13. The lowest BCUT2D eigenvalue weighted by Gasteiger charge is -1.97. The average Bonchev–Trinajstić information content (AvgIpc) is 3.25. The molecule has 0 saturated carbocycles. The van der Waals surface area contributed by atoms with E-state index in [1.807, 2.05) is 19.1 Å². The summed E-state index contributed by atoms with van der Waals surface area (Å²) in [7, 11) is 0. The molecule has 1 heterocycles. The van der Waals surface area contributed by atoms with Crippen LogP contribution in [0, 0.1) is 31.0 Å². The van der Waals surface area contributed by atoms with Gasteiger partial charge in [-0.2, -0.15) is 9.64 Å². The Morgan fingerprint density at radius 3 is 1.69 bits per heavy atom. The maximum absolute atomic E-state index is 12.7. The largest absolute Gasteiger partial charge is 0.382 e. The molecule has 0 bridgehead atoms. The van der Waals surface area contributed by atoms with Crippen molar-refractivity contribution in [3.63, 3.8) is 0 Å². The normalized spacial score (nSPS) is 7.38. The van der Waals surface area contributed by atoms with Crippen LogP contribution in [-0.4, -0.2) is 4.37 Å². The zero-order chi connectivity index (χ0) is 28.3. The molecular formula is C32H20Cl2FN3S. The van der Waals surface area contributed by atoms with Crippen molar-refractivity contribution in [3.8, 4) is 6.07 Å². The Morgan fingerprint density at radius 1 is 0.795 bits per heavy atom. The van der Waals surface area contributed by atoms with Crippen molar-refractivity contribution >= 4 is 50.6 Å². The summed E-state index contributed by atoms with van der Waals surface area (Å²) in [4.78, 5) is 0. The van der Waals surface area contributed by atoms with Crippen LogP contribution in [-0.2, 0) is 0 Å². The third kappa shape index (κ3) is 12.7. The van der Waals surface area contributed by atoms with Gasteiger partial charge in [-0.15, -0.1) is 0 Å². The van der Waals surface area contributed by atoms with Crippen molar-refractivity contribution in [2.24, 2.45) is 0 Å². The van der Waals surface area contributed by atoms with Crippen LogP contribution < -0.4 is 5.73 Å². The Kier molecular flexibility index (Phi) is 16.7. The molecule has 7 heteroatoms. The standard InChI is InChI=1S/C15H4.C8H5ClFN.C8H7ClN2S.CH4/c1-3-5-7-9-11-13-15-14-12-10-8-6-4-2;1-5-2-6(4-11)8(10)3-7(5)9;1-4-2-5-7(3-6(4)9)12-11-8(5)10;/h1-2H2;2-3H,1H3;2-3H,1H3,(H2,10,11);1H4. The Morgan fingerprint density at radius 2 is 1.23 bits per heavy atom. The van der Waals surface area contributed by atoms with Gasteiger partial charge >= 0.3 is 0 Å². The Bertz CT molecular complexity index is 1840. The fraction of sp³-hybridized carbons (Fsp3) is 0.0938. The molecule has 190 valence electrons. The Hall–Kier alpha value is -4.99. The predicted octanol–water partition coefficient (Wildman–Crippen LogP) is 8.95. The molecule has 2 aromatic carbocycles. The molecule has 0 aliphatic heterocycles. The van der Waals surface area contributed by atoms with Crippen molar-refractivity contribution in [1.29, 1.82) is 5.26 Å². The zero-order valence-electron chi connectivity index (χ0n) is 20.2. The molecule has 0 saturated heterocycles. The van der Waals surface area contributed by atoms with Crippen molar-refractivity contribution in [1.82, 2.24) is 4.37 Å². The summed E-state index contributed by atoms with van der Waals surface area (Å²) in [6.07, 6.45) is 0.